The molecule has 0 fully saturated rings. The smallest absolute Gasteiger partial charge is 0.161 e. The molecular formula is C13H23ClN2O2. The molecule has 5 heteroatoms. The minimum atomic E-state index is -0.0265. The molecule has 0 aromatic heterocycles. The largest absolute Gasteiger partial charge is 0.504 e. The number of ether oxygens (including phenoxy) is 1. The maximum absolute atomic E-state index is 9.58. The summed E-state index contributed by atoms with van der Waals surface area (Å²) in [4.78, 5) is 0. The van der Waals surface area contributed by atoms with Gasteiger partial charge < -0.3 is 21.3 Å². The quantitative estimate of drug-likeness (QED) is 0.667. The van der Waals surface area contributed by atoms with E-state index in [2.05, 4.69) is 0 Å². The number of rotatable bonds is 7. The maximum Gasteiger partial charge on any atom is 0.161 e. The van der Waals surface area contributed by atoms with Gasteiger partial charge in [0.05, 0.1) is 6.61 Å². The molecule has 0 bridgehead atoms. The predicted octanol–water partition coefficient (Wildman–Crippen LogP) is 2.34. The van der Waals surface area contributed by atoms with Crippen LogP contribution < -0.4 is 16.2 Å². The molecule has 0 aliphatic carbocycles. The van der Waals surface area contributed by atoms with Crippen LogP contribution in [0.1, 0.15) is 37.8 Å². The van der Waals surface area contributed by atoms with Crippen LogP contribution in [-0.4, -0.2) is 18.3 Å². The third kappa shape index (κ3) is 5.12. The molecular weight excluding hydrogens is 252 g/mol. The lowest BCUT2D eigenvalue weighted by atomic mass is 10.0. The average molecular weight is 275 g/mol. The molecule has 0 aliphatic heterocycles. The van der Waals surface area contributed by atoms with Gasteiger partial charge >= 0.3 is 0 Å². The Hall–Kier alpha value is -0.970. The highest BCUT2D eigenvalue weighted by molar-refractivity contribution is 5.85. The zero-order valence-corrected chi connectivity index (χ0v) is 11.6. The summed E-state index contributed by atoms with van der Waals surface area (Å²) < 4.78 is 5.33. The summed E-state index contributed by atoms with van der Waals surface area (Å²) in [6.07, 6.45) is 2.90. The van der Waals surface area contributed by atoms with E-state index in [4.69, 9.17) is 16.2 Å². The summed E-state index contributed by atoms with van der Waals surface area (Å²) >= 11 is 0. The van der Waals surface area contributed by atoms with Crippen molar-refractivity contribution < 1.29 is 9.84 Å². The molecule has 1 rings (SSSR count). The van der Waals surface area contributed by atoms with Crippen molar-refractivity contribution in [3.8, 4) is 11.5 Å². The first-order valence-electron chi connectivity index (χ1n) is 6.10. The number of hydrogen-bond donors (Lipinski definition) is 3. The van der Waals surface area contributed by atoms with Crippen LogP contribution in [0.5, 0.6) is 11.5 Å². The van der Waals surface area contributed by atoms with Gasteiger partial charge in [-0.3, -0.25) is 0 Å². The Morgan fingerprint density at radius 2 is 2.06 bits per heavy atom. The Kier molecular flexibility index (Phi) is 8.54. The van der Waals surface area contributed by atoms with Crippen molar-refractivity contribution in [3.05, 3.63) is 23.8 Å². The number of halogens is 1. The van der Waals surface area contributed by atoms with Crippen molar-refractivity contribution in [2.75, 3.05) is 13.2 Å². The highest BCUT2D eigenvalue weighted by Gasteiger charge is 2.09. The fourth-order valence-corrected chi connectivity index (χ4v) is 1.71. The number of aromatic hydroxyl groups is 1. The van der Waals surface area contributed by atoms with Crippen molar-refractivity contribution in [1.29, 1.82) is 0 Å². The van der Waals surface area contributed by atoms with Gasteiger partial charge in [0.25, 0.3) is 0 Å². The zero-order chi connectivity index (χ0) is 12.7. The average Bonchev–Trinajstić information content (AvgIpc) is 2.32. The van der Waals surface area contributed by atoms with E-state index in [-0.39, 0.29) is 24.2 Å². The van der Waals surface area contributed by atoms with Crippen LogP contribution in [0.4, 0.5) is 0 Å². The van der Waals surface area contributed by atoms with Gasteiger partial charge in [0, 0.05) is 6.04 Å². The summed E-state index contributed by atoms with van der Waals surface area (Å²) in [6.45, 7) is 3.11. The van der Waals surface area contributed by atoms with E-state index in [9.17, 15) is 5.11 Å². The summed E-state index contributed by atoms with van der Waals surface area (Å²) in [7, 11) is 0. The fourth-order valence-electron chi connectivity index (χ4n) is 1.71. The van der Waals surface area contributed by atoms with Gasteiger partial charge in [-0.05, 0) is 44.0 Å². The van der Waals surface area contributed by atoms with Gasteiger partial charge in [-0.25, -0.2) is 0 Å². The van der Waals surface area contributed by atoms with Crippen LogP contribution in [-0.2, 0) is 0 Å². The molecule has 0 spiro atoms. The summed E-state index contributed by atoms with van der Waals surface area (Å²) in [5.41, 5.74) is 12.5. The van der Waals surface area contributed by atoms with Gasteiger partial charge in [-0.2, -0.15) is 0 Å². The van der Waals surface area contributed by atoms with E-state index in [0.29, 0.717) is 18.9 Å². The third-order valence-corrected chi connectivity index (χ3v) is 2.68. The molecule has 0 saturated heterocycles. The van der Waals surface area contributed by atoms with Crippen LogP contribution >= 0.6 is 12.4 Å². The van der Waals surface area contributed by atoms with E-state index in [0.717, 1.165) is 24.8 Å². The summed E-state index contributed by atoms with van der Waals surface area (Å²) in [6, 6.07) is 5.25. The Morgan fingerprint density at radius 1 is 1.33 bits per heavy atom. The van der Waals surface area contributed by atoms with Crippen LogP contribution in [0.3, 0.4) is 0 Å². The first-order valence-corrected chi connectivity index (χ1v) is 6.10. The first-order chi connectivity index (χ1) is 8.19. The second kappa shape index (κ2) is 9.03. The lowest BCUT2D eigenvalue weighted by Crippen LogP contribution is -2.11. The predicted molar refractivity (Wildman–Crippen MR) is 76.4 cm³/mol. The highest BCUT2D eigenvalue weighted by Crippen LogP contribution is 2.29. The number of nitrogens with two attached hydrogens (primary N) is 2. The van der Waals surface area contributed by atoms with E-state index in [1.165, 1.54) is 0 Å². The van der Waals surface area contributed by atoms with E-state index < -0.39 is 0 Å². The van der Waals surface area contributed by atoms with E-state index in [1.54, 1.807) is 6.07 Å². The fraction of sp³-hybridized carbons (Fsp3) is 0.538. The Balaban J connectivity index is 0.00000289. The van der Waals surface area contributed by atoms with Crippen molar-refractivity contribution in [2.24, 2.45) is 11.5 Å². The molecule has 1 aromatic carbocycles. The number of unbranched alkanes of at least 4 members (excludes halogenated alkanes) is 1. The van der Waals surface area contributed by atoms with Crippen molar-refractivity contribution in [2.45, 2.75) is 32.2 Å². The molecule has 5 N–H and O–H groups in total. The standard InChI is InChI=1S/C13H22N2O2.ClH/c1-2-17-13-9-10(6-7-12(13)16)11(15)5-3-4-8-14;/h6-7,9,11,16H,2-5,8,14-15H2,1H3;1H/t11-;/m0./s1. The molecule has 0 amide bonds. The molecule has 1 atom stereocenters. The van der Waals surface area contributed by atoms with Gasteiger partial charge in [-0.15, -0.1) is 12.4 Å². The van der Waals surface area contributed by atoms with E-state index in [1.807, 2.05) is 19.1 Å². The minimum absolute atomic E-state index is 0. The van der Waals surface area contributed by atoms with Gasteiger partial charge in [0.1, 0.15) is 0 Å². The van der Waals surface area contributed by atoms with Crippen LogP contribution in [0.2, 0.25) is 0 Å². The van der Waals surface area contributed by atoms with Gasteiger partial charge in [0.2, 0.25) is 0 Å². The van der Waals surface area contributed by atoms with Gasteiger partial charge in [0.15, 0.2) is 11.5 Å². The summed E-state index contributed by atoms with van der Waals surface area (Å²) in [5, 5.41) is 9.58. The second-order valence-corrected chi connectivity index (χ2v) is 4.05. The Labute approximate surface area is 115 Å². The number of phenols is 1. The number of benzene rings is 1. The zero-order valence-electron chi connectivity index (χ0n) is 10.8. The molecule has 0 aliphatic rings. The van der Waals surface area contributed by atoms with Crippen LogP contribution in [0.15, 0.2) is 18.2 Å². The van der Waals surface area contributed by atoms with Crippen molar-refractivity contribution in [1.82, 2.24) is 0 Å². The van der Waals surface area contributed by atoms with Crippen LogP contribution in [0.25, 0.3) is 0 Å². The highest BCUT2D eigenvalue weighted by atomic mass is 35.5. The SMILES string of the molecule is CCOc1cc([C@@H](N)CCCCN)ccc1O.Cl. The van der Waals surface area contributed by atoms with Gasteiger partial charge in [-0.1, -0.05) is 12.5 Å². The monoisotopic (exact) mass is 274 g/mol. The molecule has 0 radical (unpaired) electrons. The van der Waals surface area contributed by atoms with Crippen LogP contribution in [0, 0.1) is 0 Å². The maximum atomic E-state index is 9.58. The third-order valence-electron chi connectivity index (χ3n) is 2.68. The molecule has 0 heterocycles. The normalized spacial score (nSPS) is 11.7. The molecule has 18 heavy (non-hydrogen) atoms. The van der Waals surface area contributed by atoms with Crippen molar-refractivity contribution >= 4 is 12.4 Å². The Bertz CT molecular complexity index is 348. The van der Waals surface area contributed by atoms with Crippen molar-refractivity contribution in [3.63, 3.8) is 0 Å². The lowest BCUT2D eigenvalue weighted by molar-refractivity contribution is 0.317. The first kappa shape index (κ1) is 17.0. The molecule has 1 aromatic rings. The summed E-state index contributed by atoms with van der Waals surface area (Å²) in [5.74, 6) is 0.657. The lowest BCUT2D eigenvalue weighted by Gasteiger charge is -2.14. The minimum Gasteiger partial charge on any atom is -0.504 e. The Morgan fingerprint density at radius 3 is 2.67 bits per heavy atom. The molecule has 104 valence electrons. The number of hydrogen-bond acceptors (Lipinski definition) is 4. The topological polar surface area (TPSA) is 81.5 Å². The molecule has 4 nitrogen and oxygen atoms in total. The second-order valence-electron chi connectivity index (χ2n) is 4.05. The number of phenolic OH excluding ortho intramolecular Hbond substituents is 1. The molecule has 0 saturated carbocycles. The van der Waals surface area contributed by atoms with E-state index >= 15 is 0 Å². The molecule has 0 unspecified atom stereocenters.